The van der Waals surface area contributed by atoms with Gasteiger partial charge < -0.3 is 15.5 Å². The third kappa shape index (κ3) is 3.86. The average Bonchev–Trinajstić information content (AvgIpc) is 2.70. The normalized spacial score (nSPS) is 13.0. The van der Waals surface area contributed by atoms with E-state index in [2.05, 4.69) is 76.2 Å². The molecule has 0 amide bonds. The van der Waals surface area contributed by atoms with Crippen molar-refractivity contribution in [3.05, 3.63) is 90.0 Å². The molecule has 0 bridgehead atoms. The number of rotatable bonds is 3. The largest absolute Gasteiger partial charge is 0.356 e. The highest BCUT2D eigenvalue weighted by molar-refractivity contribution is 7.80. The van der Waals surface area contributed by atoms with Crippen LogP contribution in [0.15, 0.2) is 78.9 Å². The molecule has 0 spiro atoms. The van der Waals surface area contributed by atoms with Gasteiger partial charge in [0.05, 0.1) is 0 Å². The van der Waals surface area contributed by atoms with Crippen LogP contribution in [0.3, 0.4) is 0 Å². The molecule has 26 heavy (non-hydrogen) atoms. The molecule has 0 aliphatic carbocycles. The van der Waals surface area contributed by atoms with Gasteiger partial charge in [0, 0.05) is 30.2 Å². The van der Waals surface area contributed by atoms with E-state index < -0.39 is 0 Å². The monoisotopic (exact) mass is 359 g/mol. The number of fused-ring (bicyclic) bond motifs is 1. The topological polar surface area (TPSA) is 27.3 Å². The lowest BCUT2D eigenvalue weighted by Crippen LogP contribution is -2.38. The maximum Gasteiger partial charge on any atom is 0.173 e. The first-order valence-electron chi connectivity index (χ1n) is 8.83. The Morgan fingerprint density at radius 1 is 0.731 bits per heavy atom. The highest BCUT2D eigenvalue weighted by Gasteiger charge is 2.17. The number of thiocarbonyl (C=S) groups is 1. The van der Waals surface area contributed by atoms with Crippen molar-refractivity contribution < 1.29 is 0 Å². The first kappa shape index (κ1) is 16.6. The summed E-state index contributed by atoms with van der Waals surface area (Å²) in [5.74, 6) is 0. The minimum atomic E-state index is 0.781. The van der Waals surface area contributed by atoms with Gasteiger partial charge in [-0.2, -0.15) is 0 Å². The van der Waals surface area contributed by atoms with Crippen molar-refractivity contribution >= 4 is 34.4 Å². The number of para-hydroxylation sites is 1. The Bertz CT molecular complexity index is 891. The van der Waals surface area contributed by atoms with Gasteiger partial charge in [-0.25, -0.2) is 0 Å². The van der Waals surface area contributed by atoms with Gasteiger partial charge in [-0.1, -0.05) is 42.5 Å². The lowest BCUT2D eigenvalue weighted by Gasteiger charge is -2.31. The molecule has 0 radical (unpaired) electrons. The maximum absolute atomic E-state index is 5.62. The summed E-state index contributed by atoms with van der Waals surface area (Å²) in [6.45, 7) is 1.83. The third-order valence-corrected chi connectivity index (χ3v) is 4.98. The van der Waals surface area contributed by atoms with E-state index in [9.17, 15) is 0 Å². The summed E-state index contributed by atoms with van der Waals surface area (Å²) in [4.78, 5) is 2.23. The summed E-state index contributed by atoms with van der Waals surface area (Å²) in [7, 11) is 0. The number of benzene rings is 3. The van der Waals surface area contributed by atoms with E-state index in [0.717, 1.165) is 41.7 Å². The zero-order chi connectivity index (χ0) is 17.8. The number of hydrogen-bond acceptors (Lipinski definition) is 2. The Morgan fingerprint density at radius 3 is 2.12 bits per heavy atom. The number of nitrogens with zero attached hydrogens (tertiary/aromatic N) is 1. The fraction of sp³-hybridized carbons (Fsp3) is 0.136. The van der Waals surface area contributed by atoms with E-state index in [1.807, 2.05) is 18.2 Å². The smallest absolute Gasteiger partial charge is 0.173 e. The quantitative estimate of drug-likeness (QED) is 0.630. The Balaban J connectivity index is 1.37. The number of anilines is 3. The van der Waals surface area contributed by atoms with Crippen molar-refractivity contribution in [2.75, 3.05) is 17.2 Å². The summed E-state index contributed by atoms with van der Waals surface area (Å²) in [5.41, 5.74) is 5.94. The van der Waals surface area contributed by atoms with E-state index in [-0.39, 0.29) is 0 Å². The van der Waals surface area contributed by atoms with E-state index in [4.69, 9.17) is 12.2 Å². The molecule has 0 aromatic heterocycles. The van der Waals surface area contributed by atoms with Gasteiger partial charge in [0.2, 0.25) is 0 Å². The molecule has 0 unspecified atom stereocenters. The molecule has 1 aliphatic rings. The Hall–Kier alpha value is -2.85. The minimum Gasteiger partial charge on any atom is -0.356 e. The summed E-state index contributed by atoms with van der Waals surface area (Å²) in [5, 5.41) is 7.53. The SMILES string of the molecule is S=C(Nc1ccc(Nc2ccccc2)cc1)N1CCc2ccccc2C1. The molecule has 3 aromatic carbocycles. The van der Waals surface area contributed by atoms with E-state index in [1.165, 1.54) is 11.1 Å². The molecular weight excluding hydrogens is 338 g/mol. The second kappa shape index (κ2) is 7.58. The Morgan fingerprint density at radius 2 is 1.35 bits per heavy atom. The molecule has 0 saturated carbocycles. The summed E-state index contributed by atoms with van der Waals surface area (Å²) >= 11 is 5.62. The van der Waals surface area contributed by atoms with Crippen LogP contribution in [0, 0.1) is 0 Å². The van der Waals surface area contributed by atoms with Crippen LogP contribution in [0.25, 0.3) is 0 Å². The van der Waals surface area contributed by atoms with Gasteiger partial charge in [-0.05, 0) is 66.2 Å². The van der Waals surface area contributed by atoms with Gasteiger partial charge in [0.1, 0.15) is 0 Å². The first-order valence-corrected chi connectivity index (χ1v) is 9.23. The molecule has 1 aliphatic heterocycles. The third-order valence-electron chi connectivity index (χ3n) is 4.62. The van der Waals surface area contributed by atoms with Crippen LogP contribution in [-0.2, 0) is 13.0 Å². The molecule has 4 heteroatoms. The van der Waals surface area contributed by atoms with Crippen molar-refractivity contribution in [1.82, 2.24) is 4.90 Å². The van der Waals surface area contributed by atoms with E-state index in [0.29, 0.717) is 0 Å². The Kier molecular flexibility index (Phi) is 4.84. The van der Waals surface area contributed by atoms with Gasteiger partial charge in [-0.3, -0.25) is 0 Å². The van der Waals surface area contributed by atoms with Crippen LogP contribution < -0.4 is 10.6 Å². The average molecular weight is 359 g/mol. The lowest BCUT2D eigenvalue weighted by molar-refractivity contribution is 0.399. The van der Waals surface area contributed by atoms with Gasteiger partial charge in [0.25, 0.3) is 0 Å². The minimum absolute atomic E-state index is 0.781. The molecule has 0 saturated heterocycles. The molecule has 1 heterocycles. The highest BCUT2D eigenvalue weighted by Crippen LogP contribution is 2.21. The molecule has 2 N–H and O–H groups in total. The van der Waals surface area contributed by atoms with Crippen molar-refractivity contribution in [3.8, 4) is 0 Å². The zero-order valence-corrected chi connectivity index (χ0v) is 15.3. The zero-order valence-electron chi connectivity index (χ0n) is 14.5. The summed E-state index contributed by atoms with van der Waals surface area (Å²) in [6, 6.07) is 27.0. The number of nitrogens with one attached hydrogen (secondary N) is 2. The molecule has 130 valence electrons. The molecular formula is C22H21N3S. The van der Waals surface area contributed by atoms with Crippen molar-refractivity contribution in [1.29, 1.82) is 0 Å². The molecule has 3 nitrogen and oxygen atoms in total. The first-order chi connectivity index (χ1) is 12.8. The fourth-order valence-electron chi connectivity index (χ4n) is 3.20. The van der Waals surface area contributed by atoms with E-state index in [1.54, 1.807) is 0 Å². The standard InChI is InChI=1S/C22H21N3S/c26-22(25-15-14-17-6-4-5-7-18(17)16-25)24-21-12-10-20(11-13-21)23-19-8-2-1-3-9-19/h1-13,23H,14-16H2,(H,24,26). The summed E-state index contributed by atoms with van der Waals surface area (Å²) in [6.07, 6.45) is 1.04. The van der Waals surface area contributed by atoms with Crippen molar-refractivity contribution in [2.24, 2.45) is 0 Å². The predicted octanol–water partition coefficient (Wildman–Crippen LogP) is 5.19. The van der Waals surface area contributed by atoms with Gasteiger partial charge in [-0.15, -0.1) is 0 Å². The van der Waals surface area contributed by atoms with Crippen LogP contribution in [0.2, 0.25) is 0 Å². The van der Waals surface area contributed by atoms with Crippen LogP contribution >= 0.6 is 12.2 Å². The lowest BCUT2D eigenvalue weighted by atomic mass is 10.0. The molecule has 4 rings (SSSR count). The van der Waals surface area contributed by atoms with Crippen LogP contribution in [-0.4, -0.2) is 16.6 Å². The predicted molar refractivity (Wildman–Crippen MR) is 113 cm³/mol. The molecule has 0 fully saturated rings. The fourth-order valence-corrected chi connectivity index (χ4v) is 3.47. The molecule has 3 aromatic rings. The number of hydrogen-bond donors (Lipinski definition) is 2. The van der Waals surface area contributed by atoms with Gasteiger partial charge >= 0.3 is 0 Å². The van der Waals surface area contributed by atoms with Crippen LogP contribution in [0.4, 0.5) is 17.1 Å². The van der Waals surface area contributed by atoms with Gasteiger partial charge in [0.15, 0.2) is 5.11 Å². The van der Waals surface area contributed by atoms with Crippen LogP contribution in [0.5, 0.6) is 0 Å². The second-order valence-electron chi connectivity index (χ2n) is 6.44. The molecule has 0 atom stereocenters. The summed E-state index contributed by atoms with van der Waals surface area (Å²) < 4.78 is 0. The van der Waals surface area contributed by atoms with E-state index >= 15 is 0 Å². The highest BCUT2D eigenvalue weighted by atomic mass is 32.1. The second-order valence-corrected chi connectivity index (χ2v) is 6.83. The Labute approximate surface area is 159 Å². The van der Waals surface area contributed by atoms with Crippen molar-refractivity contribution in [2.45, 2.75) is 13.0 Å². The van der Waals surface area contributed by atoms with Crippen LogP contribution in [0.1, 0.15) is 11.1 Å². The van der Waals surface area contributed by atoms with Crippen molar-refractivity contribution in [3.63, 3.8) is 0 Å². The maximum atomic E-state index is 5.62.